The predicted octanol–water partition coefficient (Wildman–Crippen LogP) is 20.9. The lowest BCUT2D eigenvalue weighted by atomic mass is 9.86. The molecule has 0 saturated heterocycles. The van der Waals surface area contributed by atoms with Gasteiger partial charge in [-0.25, -0.2) is 0 Å². The van der Waals surface area contributed by atoms with E-state index in [4.69, 9.17) is 0 Å². The Morgan fingerprint density at radius 2 is 0.400 bits per heavy atom. The van der Waals surface area contributed by atoms with Crippen LogP contribution in [0.3, 0.4) is 0 Å². The zero-order valence-corrected chi connectivity index (χ0v) is 48.4. The second kappa shape index (κ2) is 17.4. The van der Waals surface area contributed by atoms with Crippen LogP contribution in [0.2, 0.25) is 0 Å². The van der Waals surface area contributed by atoms with E-state index in [0.29, 0.717) is 0 Å². The van der Waals surface area contributed by atoms with E-state index in [0.717, 1.165) is 33.9 Å². The second-order valence-electron chi connectivity index (χ2n) is 26.8. The SMILES string of the molecule is CC(C)(C)c1ccc2c(c1)c1ccccc1n2-c1cc(-c2cc(-n3c4ccccc4c4cc(C(C)(C)C)ccc43)cc(-n3c4ccccc4c4cc(C(C)(C)C)ccc43)c2)cc(-n2c3ccccc3c3cc(C(C)(C)C)ccc32)c1. The molecule has 0 aliphatic heterocycles. The molecule has 14 aromatic rings. The Morgan fingerprint density at radius 3 is 0.613 bits per heavy atom. The first kappa shape index (κ1) is 49.7. The fraction of sp³-hybridized carbons (Fsp3) is 0.211. The second-order valence-corrected chi connectivity index (χ2v) is 26.8. The Kier molecular flexibility index (Phi) is 10.8. The molecule has 0 atom stereocenters. The van der Waals surface area contributed by atoms with Crippen LogP contribution in [0.5, 0.6) is 0 Å². The normalized spacial score (nSPS) is 13.0. The van der Waals surface area contributed by atoms with E-state index >= 15 is 0 Å². The largest absolute Gasteiger partial charge is 0.309 e. The van der Waals surface area contributed by atoms with Crippen molar-refractivity contribution in [1.82, 2.24) is 18.3 Å². The maximum atomic E-state index is 2.51. The first-order valence-electron chi connectivity index (χ1n) is 28.7. The zero-order valence-electron chi connectivity index (χ0n) is 48.4. The molecule has 0 saturated carbocycles. The molecule has 80 heavy (non-hydrogen) atoms. The minimum absolute atomic E-state index is 0.00685. The molecule has 0 unspecified atom stereocenters. The van der Waals surface area contributed by atoms with Crippen LogP contribution >= 0.6 is 0 Å². The molecule has 0 spiro atoms. The van der Waals surface area contributed by atoms with Gasteiger partial charge in [0, 0.05) is 65.8 Å². The van der Waals surface area contributed by atoms with Crippen molar-refractivity contribution < 1.29 is 0 Å². The molecule has 10 aromatic carbocycles. The summed E-state index contributed by atoms with van der Waals surface area (Å²) < 4.78 is 10.1. The Balaban J connectivity index is 1.12. The Bertz CT molecular complexity index is 4250. The first-order chi connectivity index (χ1) is 38.2. The molecule has 394 valence electrons. The Hall–Kier alpha value is -8.60. The maximum absolute atomic E-state index is 2.51. The lowest BCUT2D eigenvalue weighted by Crippen LogP contribution is -2.10. The smallest absolute Gasteiger partial charge is 0.0541 e. The fourth-order valence-electron chi connectivity index (χ4n) is 12.9. The molecule has 4 aromatic heterocycles. The fourth-order valence-corrected chi connectivity index (χ4v) is 12.9. The molecular formula is C76H70N4. The summed E-state index contributed by atoms with van der Waals surface area (Å²) in [5.74, 6) is 0. The van der Waals surface area contributed by atoms with Gasteiger partial charge in [0.2, 0.25) is 0 Å². The highest BCUT2D eigenvalue weighted by Gasteiger charge is 2.25. The monoisotopic (exact) mass is 1040 g/mol. The summed E-state index contributed by atoms with van der Waals surface area (Å²) in [4.78, 5) is 0. The molecular weight excluding hydrogens is 969 g/mol. The van der Waals surface area contributed by atoms with Crippen molar-refractivity contribution in [2.24, 2.45) is 0 Å². The van der Waals surface area contributed by atoms with Crippen LogP contribution < -0.4 is 0 Å². The van der Waals surface area contributed by atoms with Gasteiger partial charge in [-0.1, -0.05) is 180 Å². The van der Waals surface area contributed by atoms with E-state index in [-0.39, 0.29) is 21.7 Å². The lowest BCUT2D eigenvalue weighted by molar-refractivity contribution is 0.591. The molecule has 4 heteroatoms. The summed E-state index contributed by atoms with van der Waals surface area (Å²) in [6.45, 7) is 27.7. The van der Waals surface area contributed by atoms with Crippen molar-refractivity contribution in [3.05, 3.63) is 229 Å². The molecule has 4 nitrogen and oxygen atoms in total. The van der Waals surface area contributed by atoms with E-state index in [1.165, 1.54) is 109 Å². The molecule has 0 fully saturated rings. The van der Waals surface area contributed by atoms with E-state index in [9.17, 15) is 0 Å². The molecule has 14 rings (SSSR count). The Morgan fingerprint density at radius 1 is 0.200 bits per heavy atom. The third-order valence-corrected chi connectivity index (χ3v) is 17.3. The average molecular weight is 1040 g/mol. The molecule has 0 radical (unpaired) electrons. The molecule has 0 aliphatic rings. The average Bonchev–Trinajstić information content (AvgIpc) is 4.19. The van der Waals surface area contributed by atoms with Crippen molar-refractivity contribution in [2.75, 3.05) is 0 Å². The van der Waals surface area contributed by atoms with E-state index < -0.39 is 0 Å². The third kappa shape index (κ3) is 7.85. The van der Waals surface area contributed by atoms with Crippen molar-refractivity contribution in [2.45, 2.75) is 105 Å². The quantitative estimate of drug-likeness (QED) is 0.164. The van der Waals surface area contributed by atoms with E-state index in [1.807, 2.05) is 0 Å². The van der Waals surface area contributed by atoms with Crippen molar-refractivity contribution in [3.8, 4) is 33.9 Å². The van der Waals surface area contributed by atoms with Gasteiger partial charge in [-0.05, 0) is 164 Å². The van der Waals surface area contributed by atoms with Crippen LogP contribution in [0, 0.1) is 0 Å². The molecule has 0 N–H and O–H groups in total. The number of hydrogen-bond donors (Lipinski definition) is 0. The van der Waals surface area contributed by atoms with Gasteiger partial charge in [0.15, 0.2) is 0 Å². The number of para-hydroxylation sites is 4. The first-order valence-corrected chi connectivity index (χ1v) is 28.7. The molecule has 0 aliphatic carbocycles. The zero-order chi connectivity index (χ0) is 55.4. The van der Waals surface area contributed by atoms with Gasteiger partial charge in [0.25, 0.3) is 0 Å². The standard InChI is InChI=1S/C76H70N4/c1-73(2,3)49-29-33-69-61(41-49)57-21-13-17-25-65(57)77(69)53-37-47(38-54(45-53)78-66-26-18-14-22-58(66)62-42-50(74(4,5)6)30-34-70(62)78)48-39-55(79-67-27-19-15-23-59(67)63-43-51(75(7,8)9)31-35-71(63)79)46-56(40-48)80-68-28-20-16-24-60(68)64-44-52(76(10,11)12)32-36-72(64)80/h13-46H,1-12H3. The predicted molar refractivity (Wildman–Crippen MR) is 344 cm³/mol. The highest BCUT2D eigenvalue weighted by atomic mass is 15.0. The van der Waals surface area contributed by atoms with Crippen LogP contribution in [-0.2, 0) is 21.7 Å². The van der Waals surface area contributed by atoms with Gasteiger partial charge < -0.3 is 18.3 Å². The number of rotatable bonds is 5. The summed E-state index contributed by atoms with van der Waals surface area (Å²) in [6, 6.07) is 79.1. The van der Waals surface area contributed by atoms with Crippen LogP contribution in [0.15, 0.2) is 206 Å². The number of aromatic nitrogens is 4. The van der Waals surface area contributed by atoms with Crippen LogP contribution in [0.25, 0.3) is 121 Å². The highest BCUT2D eigenvalue weighted by molar-refractivity contribution is 6.13. The van der Waals surface area contributed by atoms with Crippen LogP contribution in [-0.4, -0.2) is 18.3 Å². The highest BCUT2D eigenvalue weighted by Crippen LogP contribution is 2.44. The molecule has 4 heterocycles. The van der Waals surface area contributed by atoms with Crippen LogP contribution in [0.1, 0.15) is 105 Å². The summed E-state index contributed by atoms with van der Waals surface area (Å²) in [6.07, 6.45) is 0. The van der Waals surface area contributed by atoms with Crippen LogP contribution in [0.4, 0.5) is 0 Å². The number of benzene rings is 10. The Labute approximate surface area is 470 Å². The molecule has 0 amide bonds. The van der Waals surface area contributed by atoms with Gasteiger partial charge in [-0.15, -0.1) is 0 Å². The van der Waals surface area contributed by atoms with Crippen molar-refractivity contribution in [3.63, 3.8) is 0 Å². The van der Waals surface area contributed by atoms with Gasteiger partial charge in [0.05, 0.1) is 44.1 Å². The van der Waals surface area contributed by atoms with Gasteiger partial charge in [-0.2, -0.15) is 0 Å². The number of fused-ring (bicyclic) bond motifs is 12. The summed E-state index contributed by atoms with van der Waals surface area (Å²) in [5.41, 5.74) is 21.4. The minimum Gasteiger partial charge on any atom is -0.309 e. The topological polar surface area (TPSA) is 19.7 Å². The van der Waals surface area contributed by atoms with Gasteiger partial charge >= 0.3 is 0 Å². The van der Waals surface area contributed by atoms with Gasteiger partial charge in [-0.3, -0.25) is 0 Å². The van der Waals surface area contributed by atoms with E-state index in [1.54, 1.807) is 0 Å². The number of nitrogens with zero attached hydrogens (tertiary/aromatic N) is 4. The summed E-state index contributed by atoms with van der Waals surface area (Å²) >= 11 is 0. The van der Waals surface area contributed by atoms with Crippen molar-refractivity contribution in [1.29, 1.82) is 0 Å². The lowest BCUT2D eigenvalue weighted by Gasteiger charge is -2.21. The van der Waals surface area contributed by atoms with Gasteiger partial charge in [0.1, 0.15) is 0 Å². The van der Waals surface area contributed by atoms with Crippen molar-refractivity contribution >= 4 is 87.2 Å². The summed E-state index contributed by atoms with van der Waals surface area (Å²) in [5, 5.41) is 10.0. The maximum Gasteiger partial charge on any atom is 0.0541 e. The third-order valence-electron chi connectivity index (χ3n) is 17.3. The number of hydrogen-bond acceptors (Lipinski definition) is 0. The summed E-state index contributed by atoms with van der Waals surface area (Å²) in [7, 11) is 0. The minimum atomic E-state index is -0.00685. The van der Waals surface area contributed by atoms with E-state index in [2.05, 4.69) is 308 Å². The molecule has 0 bridgehead atoms.